The Morgan fingerprint density at radius 2 is 1.72 bits per heavy atom. The van der Waals surface area contributed by atoms with Crippen LogP contribution in [0.15, 0.2) is 61.1 Å². The molecule has 29 heavy (non-hydrogen) atoms. The van der Waals surface area contributed by atoms with Gasteiger partial charge in [0.05, 0.1) is 5.41 Å². The van der Waals surface area contributed by atoms with Crippen LogP contribution in [0.4, 0.5) is 0 Å². The first-order chi connectivity index (χ1) is 14.2. The molecular formula is C24H26N4O. The molecule has 1 aliphatic heterocycles. The number of rotatable bonds is 4. The van der Waals surface area contributed by atoms with Crippen molar-refractivity contribution in [1.29, 1.82) is 0 Å². The molecule has 0 radical (unpaired) electrons. The Morgan fingerprint density at radius 1 is 1.03 bits per heavy atom. The third-order valence-electron chi connectivity index (χ3n) is 6.52. The van der Waals surface area contributed by atoms with E-state index in [2.05, 4.69) is 38.5 Å². The van der Waals surface area contributed by atoms with Gasteiger partial charge in [-0.25, -0.2) is 4.98 Å². The number of carbonyl (C=O) groups is 1. The van der Waals surface area contributed by atoms with Gasteiger partial charge in [0.1, 0.15) is 5.82 Å². The molecule has 148 valence electrons. The summed E-state index contributed by atoms with van der Waals surface area (Å²) in [6, 6.07) is 14.7. The van der Waals surface area contributed by atoms with Crippen LogP contribution in [0.2, 0.25) is 0 Å². The van der Waals surface area contributed by atoms with Gasteiger partial charge in [0.15, 0.2) is 0 Å². The first-order valence-electron chi connectivity index (χ1n) is 10.5. The highest BCUT2D eigenvalue weighted by molar-refractivity contribution is 5.91. The van der Waals surface area contributed by atoms with Crippen LogP contribution >= 0.6 is 0 Å². The van der Waals surface area contributed by atoms with Crippen molar-refractivity contribution in [2.75, 3.05) is 13.1 Å². The lowest BCUT2D eigenvalue weighted by atomic mass is 9.93. The lowest BCUT2D eigenvalue weighted by Gasteiger charge is -2.36. The van der Waals surface area contributed by atoms with E-state index in [4.69, 9.17) is 0 Å². The number of imidazole rings is 1. The number of hydrogen-bond donors (Lipinski definition) is 0. The summed E-state index contributed by atoms with van der Waals surface area (Å²) < 4.78 is 2.35. The maximum absolute atomic E-state index is 13.3. The summed E-state index contributed by atoms with van der Waals surface area (Å²) in [6.07, 6.45) is 9.44. The summed E-state index contributed by atoms with van der Waals surface area (Å²) in [4.78, 5) is 24.2. The molecule has 3 heterocycles. The first-order valence-corrected chi connectivity index (χ1v) is 10.5. The van der Waals surface area contributed by atoms with Gasteiger partial charge in [0, 0.05) is 49.0 Å². The normalized spacial score (nSPS) is 18.6. The second kappa shape index (κ2) is 7.14. The predicted molar refractivity (Wildman–Crippen MR) is 112 cm³/mol. The van der Waals surface area contributed by atoms with E-state index in [1.807, 2.05) is 48.9 Å². The highest BCUT2D eigenvalue weighted by Crippen LogP contribution is 2.50. The monoisotopic (exact) mass is 386 g/mol. The summed E-state index contributed by atoms with van der Waals surface area (Å²) >= 11 is 0. The molecule has 1 saturated heterocycles. The molecule has 0 spiro atoms. The van der Waals surface area contributed by atoms with E-state index in [-0.39, 0.29) is 5.41 Å². The Morgan fingerprint density at radius 3 is 2.38 bits per heavy atom. The van der Waals surface area contributed by atoms with Crippen molar-refractivity contribution in [3.63, 3.8) is 0 Å². The van der Waals surface area contributed by atoms with Crippen molar-refractivity contribution >= 4 is 5.91 Å². The molecule has 1 saturated carbocycles. The molecule has 1 aromatic carbocycles. The molecule has 0 atom stereocenters. The van der Waals surface area contributed by atoms with Gasteiger partial charge in [-0.15, -0.1) is 0 Å². The quantitative estimate of drug-likeness (QED) is 0.677. The first kappa shape index (κ1) is 18.1. The zero-order chi connectivity index (χ0) is 19.8. The maximum Gasteiger partial charge on any atom is 0.233 e. The number of amides is 1. The minimum atomic E-state index is -0.263. The van der Waals surface area contributed by atoms with Gasteiger partial charge in [-0.2, -0.15) is 0 Å². The zero-order valence-electron chi connectivity index (χ0n) is 16.8. The average Bonchev–Trinajstić information content (AvgIpc) is 3.51. The average molecular weight is 386 g/mol. The lowest BCUT2D eigenvalue weighted by molar-refractivity contribution is -0.135. The molecule has 0 N–H and O–H groups in total. The van der Waals surface area contributed by atoms with Gasteiger partial charge < -0.3 is 9.47 Å². The van der Waals surface area contributed by atoms with E-state index in [0.29, 0.717) is 11.9 Å². The van der Waals surface area contributed by atoms with Gasteiger partial charge >= 0.3 is 0 Å². The van der Waals surface area contributed by atoms with E-state index < -0.39 is 0 Å². The molecule has 2 aliphatic rings. The largest absolute Gasteiger partial charge is 0.342 e. The van der Waals surface area contributed by atoms with E-state index in [1.165, 1.54) is 11.3 Å². The highest BCUT2D eigenvalue weighted by atomic mass is 16.2. The van der Waals surface area contributed by atoms with Crippen LogP contribution in [0.1, 0.15) is 43.0 Å². The number of benzene rings is 1. The molecule has 5 heteroatoms. The molecule has 2 aromatic heterocycles. The third-order valence-corrected chi connectivity index (χ3v) is 6.52. The lowest BCUT2D eigenvalue weighted by Crippen LogP contribution is -2.44. The fourth-order valence-corrected chi connectivity index (χ4v) is 4.76. The van der Waals surface area contributed by atoms with Crippen LogP contribution in [0.3, 0.4) is 0 Å². The summed E-state index contributed by atoms with van der Waals surface area (Å²) in [5, 5.41) is 0. The van der Waals surface area contributed by atoms with Gasteiger partial charge in [0.2, 0.25) is 5.91 Å². The van der Waals surface area contributed by atoms with Crippen LogP contribution < -0.4 is 0 Å². The smallest absolute Gasteiger partial charge is 0.233 e. The van der Waals surface area contributed by atoms with Crippen molar-refractivity contribution in [3.05, 3.63) is 72.3 Å². The fraction of sp³-hybridized carbons (Fsp3) is 0.375. The second-order valence-electron chi connectivity index (χ2n) is 8.30. The van der Waals surface area contributed by atoms with Crippen molar-refractivity contribution in [3.8, 4) is 11.4 Å². The minimum absolute atomic E-state index is 0.263. The Hall–Kier alpha value is -2.95. The van der Waals surface area contributed by atoms with Crippen molar-refractivity contribution in [1.82, 2.24) is 19.4 Å². The predicted octanol–water partition coefficient (Wildman–Crippen LogP) is 4.15. The number of aryl methyl sites for hydroxylation is 1. The summed E-state index contributed by atoms with van der Waals surface area (Å²) in [5.74, 6) is 1.32. The summed E-state index contributed by atoms with van der Waals surface area (Å²) in [7, 11) is 0. The van der Waals surface area contributed by atoms with Crippen molar-refractivity contribution in [2.45, 2.75) is 44.1 Å². The number of nitrogens with zero attached hydrogens (tertiary/aromatic N) is 4. The molecule has 2 fully saturated rings. The molecular weight excluding hydrogens is 360 g/mol. The molecule has 1 amide bonds. The minimum Gasteiger partial charge on any atom is -0.342 e. The van der Waals surface area contributed by atoms with Crippen LogP contribution in [-0.4, -0.2) is 38.4 Å². The molecule has 1 aliphatic carbocycles. The number of hydrogen-bond acceptors (Lipinski definition) is 3. The molecule has 3 aromatic rings. The fourth-order valence-electron chi connectivity index (χ4n) is 4.76. The number of piperidine rings is 1. The van der Waals surface area contributed by atoms with Crippen molar-refractivity contribution in [2.24, 2.45) is 0 Å². The Balaban J connectivity index is 1.32. The van der Waals surface area contributed by atoms with E-state index >= 15 is 0 Å². The molecule has 5 nitrogen and oxygen atoms in total. The Bertz CT molecular complexity index is 1000. The van der Waals surface area contributed by atoms with E-state index in [0.717, 1.165) is 50.2 Å². The maximum atomic E-state index is 13.3. The molecule has 5 rings (SSSR count). The number of aromatic nitrogens is 3. The zero-order valence-corrected chi connectivity index (χ0v) is 16.8. The van der Waals surface area contributed by atoms with Gasteiger partial charge in [-0.05, 0) is 50.3 Å². The Kier molecular flexibility index (Phi) is 4.46. The van der Waals surface area contributed by atoms with Crippen LogP contribution in [0.5, 0.6) is 0 Å². The standard InChI is InChI=1S/C24H26N4O/c1-18-17-26-22(19-7-13-25-14-8-19)28(18)21-9-15-27(16-10-21)23(29)24(11-12-24)20-5-3-2-4-6-20/h2-8,13-14,17,21H,9-12,15-16H2,1H3. The second-order valence-corrected chi connectivity index (χ2v) is 8.30. The van der Waals surface area contributed by atoms with E-state index in [9.17, 15) is 4.79 Å². The number of pyridine rings is 1. The van der Waals surface area contributed by atoms with Crippen LogP contribution in [0.25, 0.3) is 11.4 Å². The number of carbonyl (C=O) groups excluding carboxylic acids is 1. The summed E-state index contributed by atoms with van der Waals surface area (Å²) in [5.41, 5.74) is 3.18. The molecule has 0 unspecified atom stereocenters. The van der Waals surface area contributed by atoms with Gasteiger partial charge in [-0.3, -0.25) is 9.78 Å². The highest BCUT2D eigenvalue weighted by Gasteiger charge is 2.53. The number of likely N-dealkylation sites (tertiary alicyclic amines) is 1. The summed E-state index contributed by atoms with van der Waals surface area (Å²) in [6.45, 7) is 3.74. The molecule has 0 bridgehead atoms. The Labute approximate surface area is 171 Å². The third kappa shape index (κ3) is 3.15. The SMILES string of the molecule is Cc1cnc(-c2ccncc2)n1C1CCN(C(=O)C2(c3ccccc3)CC2)CC1. The van der Waals surface area contributed by atoms with Gasteiger partial charge in [-0.1, -0.05) is 30.3 Å². The topological polar surface area (TPSA) is 51.0 Å². The van der Waals surface area contributed by atoms with Crippen molar-refractivity contribution < 1.29 is 4.79 Å². The van der Waals surface area contributed by atoms with Crippen LogP contribution in [0, 0.1) is 6.92 Å². The van der Waals surface area contributed by atoms with Gasteiger partial charge in [0.25, 0.3) is 0 Å². The van der Waals surface area contributed by atoms with Crippen LogP contribution in [-0.2, 0) is 10.2 Å². The van der Waals surface area contributed by atoms with E-state index in [1.54, 1.807) is 0 Å².